The van der Waals surface area contributed by atoms with Crippen molar-refractivity contribution in [2.75, 3.05) is 12.0 Å². The zero-order valence-electron chi connectivity index (χ0n) is 14.3. The molecule has 1 fully saturated rings. The lowest BCUT2D eigenvalue weighted by Crippen LogP contribution is -2.65. The van der Waals surface area contributed by atoms with Gasteiger partial charge in [-0.1, -0.05) is 0 Å². The number of ether oxygens (including phenoxy) is 2. The summed E-state index contributed by atoms with van der Waals surface area (Å²) >= 11 is 0. The minimum atomic E-state index is -0.898. The van der Waals surface area contributed by atoms with Crippen LogP contribution >= 0.6 is 0 Å². The zero-order valence-corrected chi connectivity index (χ0v) is 14.3. The van der Waals surface area contributed by atoms with E-state index in [1.165, 1.54) is 12.1 Å². The average Bonchev–Trinajstić information content (AvgIpc) is 2.61. The van der Waals surface area contributed by atoms with E-state index in [1.807, 2.05) is 6.92 Å². The molecule has 4 rings (SSSR count). The van der Waals surface area contributed by atoms with Gasteiger partial charge < -0.3 is 14.8 Å². The third-order valence-corrected chi connectivity index (χ3v) is 4.80. The van der Waals surface area contributed by atoms with Gasteiger partial charge in [-0.3, -0.25) is 15.0 Å². The van der Waals surface area contributed by atoms with Crippen LogP contribution in [0.2, 0.25) is 0 Å². The Kier molecular flexibility index (Phi) is 3.50. The highest BCUT2D eigenvalue weighted by atomic mass is 16.6. The highest BCUT2D eigenvalue weighted by Gasteiger charge is 2.50. The Hall–Kier alpha value is -3.29. The predicted octanol–water partition coefficient (Wildman–Crippen LogP) is 3.37. The van der Waals surface area contributed by atoms with Gasteiger partial charge in [0, 0.05) is 29.8 Å². The minimum absolute atomic E-state index is 0.0252. The molecule has 2 bridgehead atoms. The van der Waals surface area contributed by atoms with Gasteiger partial charge in [0.2, 0.25) is 0 Å². The van der Waals surface area contributed by atoms with Gasteiger partial charge in [-0.2, -0.15) is 0 Å². The number of hydrogen-bond acceptors (Lipinski definition) is 5. The normalized spacial score (nSPS) is 23.5. The Labute approximate surface area is 149 Å². The summed E-state index contributed by atoms with van der Waals surface area (Å²) in [5.74, 6) is 1.23. The van der Waals surface area contributed by atoms with E-state index in [4.69, 9.17) is 9.47 Å². The molecule has 0 radical (unpaired) electrons. The molecule has 26 heavy (non-hydrogen) atoms. The Bertz CT molecular complexity index is 898. The summed E-state index contributed by atoms with van der Waals surface area (Å²) in [6.45, 7) is 1.84. The molecule has 2 aromatic carbocycles. The molecule has 0 spiro atoms. The average molecular weight is 355 g/mol. The fourth-order valence-electron chi connectivity index (χ4n) is 3.60. The molecule has 1 saturated heterocycles. The minimum Gasteiger partial charge on any atom is -0.497 e. The Balaban J connectivity index is 1.74. The summed E-state index contributed by atoms with van der Waals surface area (Å²) < 4.78 is 11.3. The monoisotopic (exact) mass is 355 g/mol. The number of nitro benzene ring substituents is 1. The van der Waals surface area contributed by atoms with Crippen LogP contribution in [0.25, 0.3) is 0 Å². The van der Waals surface area contributed by atoms with Gasteiger partial charge >= 0.3 is 6.03 Å². The molecule has 0 unspecified atom stereocenters. The second kappa shape index (κ2) is 5.62. The van der Waals surface area contributed by atoms with E-state index < -0.39 is 10.6 Å². The number of nitro groups is 1. The molecule has 2 heterocycles. The maximum atomic E-state index is 12.8. The highest BCUT2D eigenvalue weighted by Crippen LogP contribution is 2.46. The number of anilines is 1. The van der Waals surface area contributed by atoms with E-state index in [0.717, 1.165) is 0 Å². The van der Waals surface area contributed by atoms with Crippen molar-refractivity contribution in [2.24, 2.45) is 0 Å². The van der Waals surface area contributed by atoms with Gasteiger partial charge in [-0.25, -0.2) is 4.79 Å². The van der Waals surface area contributed by atoms with Crippen LogP contribution in [0, 0.1) is 10.1 Å². The van der Waals surface area contributed by atoms with Crippen molar-refractivity contribution in [1.82, 2.24) is 5.32 Å². The summed E-state index contributed by atoms with van der Waals surface area (Å²) in [7, 11) is 1.58. The molecule has 2 aliphatic heterocycles. The molecular formula is C18H17N3O5. The van der Waals surface area contributed by atoms with E-state index in [9.17, 15) is 14.9 Å². The van der Waals surface area contributed by atoms with Crippen molar-refractivity contribution in [2.45, 2.75) is 25.1 Å². The summed E-state index contributed by atoms with van der Waals surface area (Å²) in [5.41, 5.74) is 0.377. The van der Waals surface area contributed by atoms with Crippen LogP contribution in [0.4, 0.5) is 16.2 Å². The quantitative estimate of drug-likeness (QED) is 0.673. The number of benzene rings is 2. The van der Waals surface area contributed by atoms with E-state index in [2.05, 4.69) is 5.32 Å². The molecule has 134 valence electrons. The molecule has 2 aromatic rings. The van der Waals surface area contributed by atoms with Crippen LogP contribution in [0.15, 0.2) is 42.5 Å². The van der Waals surface area contributed by atoms with Crippen LogP contribution in [0.5, 0.6) is 11.5 Å². The first-order valence-electron chi connectivity index (χ1n) is 8.13. The van der Waals surface area contributed by atoms with Crippen LogP contribution in [-0.2, 0) is 0 Å². The lowest BCUT2D eigenvalue weighted by Gasteiger charge is -2.50. The molecule has 2 aliphatic rings. The molecule has 8 heteroatoms. The van der Waals surface area contributed by atoms with Gasteiger partial charge in [-0.15, -0.1) is 0 Å². The first-order valence-corrected chi connectivity index (χ1v) is 8.13. The SMILES string of the molecule is COc1ccc(N2C(=O)N[C@@H]3C[C@]2(C)Oc2ccc([N+](=O)[O-])cc23)cc1. The molecule has 0 aliphatic carbocycles. The van der Waals surface area contributed by atoms with Crippen LogP contribution in [0.3, 0.4) is 0 Å². The molecule has 8 nitrogen and oxygen atoms in total. The zero-order chi connectivity index (χ0) is 18.5. The molecule has 2 amide bonds. The summed E-state index contributed by atoms with van der Waals surface area (Å²) in [6.07, 6.45) is 0.471. The van der Waals surface area contributed by atoms with Gasteiger partial charge in [0.1, 0.15) is 11.5 Å². The van der Waals surface area contributed by atoms with E-state index in [0.29, 0.717) is 29.2 Å². The third kappa shape index (κ3) is 2.42. The topological polar surface area (TPSA) is 93.9 Å². The first-order chi connectivity index (χ1) is 12.4. The fourth-order valence-corrected chi connectivity index (χ4v) is 3.60. The standard InChI is InChI=1S/C18H17N3O5/c1-18-10-15(14-9-12(21(23)24)5-8-16(14)26-18)19-17(22)20(18)11-3-6-13(25-2)7-4-11/h3-9,15H,10H2,1-2H3,(H,19,22)/t15-,18+/m1/s1. The number of hydrogen-bond donors (Lipinski definition) is 1. The number of rotatable bonds is 3. The van der Waals surface area contributed by atoms with Crippen molar-refractivity contribution >= 4 is 17.4 Å². The van der Waals surface area contributed by atoms with Gasteiger partial charge in [0.25, 0.3) is 5.69 Å². The van der Waals surface area contributed by atoms with Crippen molar-refractivity contribution in [3.05, 3.63) is 58.1 Å². The molecule has 1 N–H and O–H groups in total. The van der Waals surface area contributed by atoms with Crippen molar-refractivity contribution in [3.8, 4) is 11.5 Å². The van der Waals surface area contributed by atoms with Crippen molar-refractivity contribution in [1.29, 1.82) is 0 Å². The van der Waals surface area contributed by atoms with Crippen LogP contribution < -0.4 is 19.7 Å². The number of nitrogens with one attached hydrogen (secondary N) is 1. The highest BCUT2D eigenvalue weighted by molar-refractivity contribution is 5.95. The molecule has 0 saturated carbocycles. The number of nitrogens with zero attached hydrogens (tertiary/aromatic N) is 2. The lowest BCUT2D eigenvalue weighted by atomic mass is 9.90. The maximum absolute atomic E-state index is 12.8. The number of carbonyl (C=O) groups is 1. The summed E-state index contributed by atoms with van der Waals surface area (Å²) in [4.78, 5) is 24.9. The molecule has 0 aromatic heterocycles. The summed E-state index contributed by atoms with van der Waals surface area (Å²) in [5, 5.41) is 14.0. The largest absolute Gasteiger partial charge is 0.497 e. The third-order valence-electron chi connectivity index (χ3n) is 4.80. The van der Waals surface area contributed by atoms with Gasteiger partial charge in [-0.05, 0) is 37.3 Å². The first kappa shape index (κ1) is 16.2. The van der Waals surface area contributed by atoms with E-state index in [-0.39, 0.29) is 17.8 Å². The number of fused-ring (bicyclic) bond motifs is 4. The summed E-state index contributed by atoms with van der Waals surface area (Å²) in [6, 6.07) is 10.9. The fraction of sp³-hybridized carbons (Fsp3) is 0.278. The van der Waals surface area contributed by atoms with E-state index >= 15 is 0 Å². The van der Waals surface area contributed by atoms with Gasteiger partial charge in [0.15, 0.2) is 5.72 Å². The second-order valence-electron chi connectivity index (χ2n) is 6.50. The number of amides is 2. The molecular weight excluding hydrogens is 338 g/mol. The van der Waals surface area contributed by atoms with Crippen molar-refractivity contribution in [3.63, 3.8) is 0 Å². The Morgan fingerprint density at radius 1 is 1.31 bits per heavy atom. The Morgan fingerprint density at radius 3 is 2.69 bits per heavy atom. The van der Waals surface area contributed by atoms with Crippen LogP contribution in [0.1, 0.15) is 24.9 Å². The number of carbonyl (C=O) groups excluding carboxylic acids is 1. The predicted molar refractivity (Wildman–Crippen MR) is 93.5 cm³/mol. The number of methoxy groups -OCH3 is 1. The number of non-ortho nitro benzene ring substituents is 1. The van der Waals surface area contributed by atoms with Gasteiger partial charge in [0.05, 0.1) is 18.1 Å². The smallest absolute Gasteiger partial charge is 0.325 e. The van der Waals surface area contributed by atoms with E-state index in [1.54, 1.807) is 42.3 Å². The Morgan fingerprint density at radius 2 is 2.04 bits per heavy atom. The van der Waals surface area contributed by atoms with Crippen LogP contribution in [-0.4, -0.2) is 23.8 Å². The molecule has 2 atom stereocenters. The lowest BCUT2D eigenvalue weighted by molar-refractivity contribution is -0.385. The number of urea groups is 1. The maximum Gasteiger partial charge on any atom is 0.325 e. The van der Waals surface area contributed by atoms with Crippen molar-refractivity contribution < 1.29 is 19.2 Å². The second-order valence-corrected chi connectivity index (χ2v) is 6.50.